The van der Waals surface area contributed by atoms with Crippen molar-refractivity contribution in [2.45, 2.75) is 31.8 Å². The molecule has 1 aliphatic carbocycles. The smallest absolute Gasteiger partial charge is 0.327 e. The zero-order valence-electron chi connectivity index (χ0n) is 9.97. The Morgan fingerprint density at radius 3 is 2.44 bits per heavy atom. The van der Waals surface area contributed by atoms with Gasteiger partial charge in [-0.1, -0.05) is 0 Å². The summed E-state index contributed by atoms with van der Waals surface area (Å²) in [6.45, 7) is 1.18. The van der Waals surface area contributed by atoms with Crippen LogP contribution < -0.4 is 10.6 Å². The number of carbonyl (C=O) groups is 3. The topological polar surface area (TPSA) is 113 Å². The van der Waals surface area contributed by atoms with E-state index >= 15 is 0 Å². The summed E-state index contributed by atoms with van der Waals surface area (Å²) in [5.41, 5.74) is 0. The lowest BCUT2D eigenvalue weighted by Gasteiger charge is -2.12. The molecule has 0 radical (unpaired) electrons. The van der Waals surface area contributed by atoms with Gasteiger partial charge >= 0.3 is 5.97 Å². The first-order valence-electron chi connectivity index (χ1n) is 5.52. The lowest BCUT2D eigenvalue weighted by atomic mass is 10.3. The molecule has 1 saturated carbocycles. The van der Waals surface area contributed by atoms with Gasteiger partial charge in [0.05, 0.1) is 5.75 Å². The van der Waals surface area contributed by atoms with E-state index < -0.39 is 28.7 Å². The molecule has 0 saturated heterocycles. The van der Waals surface area contributed by atoms with Crippen molar-refractivity contribution in [3.63, 3.8) is 0 Å². The molecule has 0 aromatic heterocycles. The van der Waals surface area contributed by atoms with Gasteiger partial charge in [-0.15, -0.1) is 0 Å². The van der Waals surface area contributed by atoms with Gasteiger partial charge < -0.3 is 15.7 Å². The molecular weight excluding hydrogens is 260 g/mol. The van der Waals surface area contributed by atoms with Gasteiger partial charge in [-0.3, -0.25) is 13.8 Å². The summed E-state index contributed by atoms with van der Waals surface area (Å²) < 4.78 is 11.6. The van der Waals surface area contributed by atoms with Gasteiger partial charge in [0, 0.05) is 23.8 Å². The molecule has 2 amide bonds. The Morgan fingerprint density at radius 2 is 2.00 bits per heavy atom. The quantitative estimate of drug-likeness (QED) is 0.529. The number of carboxylic acids is 1. The van der Waals surface area contributed by atoms with Crippen molar-refractivity contribution < 1.29 is 23.7 Å². The largest absolute Gasteiger partial charge is 0.480 e. The van der Waals surface area contributed by atoms with Gasteiger partial charge in [-0.2, -0.15) is 0 Å². The molecule has 18 heavy (non-hydrogen) atoms. The normalized spacial score (nSPS) is 17.6. The third-order valence-corrected chi connectivity index (χ3v) is 3.55. The maximum atomic E-state index is 11.6. The van der Waals surface area contributed by atoms with E-state index in [4.69, 9.17) is 5.11 Å². The molecule has 0 bridgehead atoms. The van der Waals surface area contributed by atoms with Crippen molar-refractivity contribution in [2.75, 3.05) is 11.5 Å². The maximum absolute atomic E-state index is 11.6. The molecule has 0 spiro atoms. The molecule has 1 rings (SSSR count). The van der Waals surface area contributed by atoms with Crippen LogP contribution in [0.4, 0.5) is 0 Å². The second-order valence-corrected chi connectivity index (χ2v) is 5.69. The predicted octanol–water partition coefficient (Wildman–Crippen LogP) is -1.40. The summed E-state index contributed by atoms with van der Waals surface area (Å²) in [7, 11) is -1.61. The maximum Gasteiger partial charge on any atom is 0.327 e. The fourth-order valence-electron chi connectivity index (χ4n) is 1.31. The first-order valence-corrected chi connectivity index (χ1v) is 7.01. The number of amides is 2. The van der Waals surface area contributed by atoms with Crippen LogP contribution in [0.25, 0.3) is 0 Å². The molecule has 102 valence electrons. The highest BCUT2D eigenvalue weighted by molar-refractivity contribution is 7.85. The van der Waals surface area contributed by atoms with Crippen molar-refractivity contribution in [1.29, 1.82) is 0 Å². The van der Waals surface area contributed by atoms with Crippen molar-refractivity contribution in [3.05, 3.63) is 0 Å². The van der Waals surface area contributed by atoms with Crippen LogP contribution >= 0.6 is 0 Å². The number of aliphatic carboxylic acids is 1. The van der Waals surface area contributed by atoms with E-state index in [2.05, 4.69) is 10.6 Å². The van der Waals surface area contributed by atoms with Crippen LogP contribution in [0.5, 0.6) is 0 Å². The van der Waals surface area contributed by atoms with Crippen LogP contribution in [0, 0.1) is 0 Å². The van der Waals surface area contributed by atoms with Gasteiger partial charge in [0.2, 0.25) is 11.8 Å². The molecule has 0 heterocycles. The Labute approximate surface area is 107 Å². The summed E-state index contributed by atoms with van der Waals surface area (Å²) in [6.07, 6.45) is 1.87. The standard InChI is InChI=1S/C10H16N2O5S/c1-6(13)11-8(10(15)16)4-18(17)5-9(14)12-7-2-3-7/h7-8H,2-5H2,1H3,(H,11,13)(H,12,14)(H,15,16)/t8-,18?/m0/s1. The van der Waals surface area contributed by atoms with Gasteiger partial charge in [0.15, 0.2) is 0 Å². The highest BCUT2D eigenvalue weighted by Gasteiger charge is 2.26. The third-order valence-electron chi connectivity index (χ3n) is 2.26. The van der Waals surface area contributed by atoms with Gasteiger partial charge in [0.25, 0.3) is 0 Å². The van der Waals surface area contributed by atoms with Gasteiger partial charge in [-0.25, -0.2) is 4.79 Å². The monoisotopic (exact) mass is 276 g/mol. The highest BCUT2D eigenvalue weighted by Crippen LogP contribution is 2.18. The third kappa shape index (κ3) is 5.76. The molecule has 7 nitrogen and oxygen atoms in total. The van der Waals surface area contributed by atoms with E-state index in [9.17, 15) is 18.6 Å². The van der Waals surface area contributed by atoms with E-state index in [-0.39, 0.29) is 23.5 Å². The Balaban J connectivity index is 2.37. The van der Waals surface area contributed by atoms with Gasteiger partial charge in [-0.05, 0) is 12.8 Å². The zero-order valence-corrected chi connectivity index (χ0v) is 10.8. The molecule has 2 atom stereocenters. The van der Waals surface area contributed by atoms with Crippen molar-refractivity contribution in [2.24, 2.45) is 0 Å². The summed E-state index contributed by atoms with van der Waals surface area (Å²) in [5.74, 6) is -2.63. The predicted molar refractivity (Wildman–Crippen MR) is 64.3 cm³/mol. The SMILES string of the molecule is CC(=O)N[C@@H](CS(=O)CC(=O)NC1CC1)C(=O)O. The Bertz CT molecular complexity index is 380. The fourth-order valence-corrected chi connectivity index (χ4v) is 2.40. The molecule has 1 aliphatic rings. The molecular formula is C10H16N2O5S. The summed E-state index contributed by atoms with van der Waals surface area (Å²) in [4.78, 5) is 32.9. The Morgan fingerprint density at radius 1 is 1.39 bits per heavy atom. The summed E-state index contributed by atoms with van der Waals surface area (Å²) in [5, 5.41) is 13.6. The molecule has 8 heteroatoms. The Kier molecular flexibility index (Phi) is 5.26. The van der Waals surface area contributed by atoms with Crippen molar-refractivity contribution in [1.82, 2.24) is 10.6 Å². The van der Waals surface area contributed by atoms with E-state index in [0.717, 1.165) is 12.8 Å². The molecule has 1 unspecified atom stereocenters. The number of hydrogen-bond acceptors (Lipinski definition) is 4. The first-order chi connectivity index (χ1) is 8.38. The number of carbonyl (C=O) groups excluding carboxylic acids is 2. The molecule has 1 fully saturated rings. The number of nitrogens with one attached hydrogen (secondary N) is 2. The zero-order chi connectivity index (χ0) is 13.7. The second-order valence-electron chi connectivity index (χ2n) is 4.18. The van der Waals surface area contributed by atoms with Crippen LogP contribution in [0.2, 0.25) is 0 Å². The van der Waals surface area contributed by atoms with Gasteiger partial charge in [0.1, 0.15) is 11.8 Å². The molecule has 3 N–H and O–H groups in total. The average molecular weight is 276 g/mol. The van der Waals surface area contributed by atoms with Crippen LogP contribution in [0.3, 0.4) is 0 Å². The lowest BCUT2D eigenvalue weighted by Crippen LogP contribution is -2.44. The number of rotatable bonds is 7. The fraction of sp³-hybridized carbons (Fsp3) is 0.700. The summed E-state index contributed by atoms with van der Waals surface area (Å²) in [6, 6.07) is -1.04. The molecule has 0 aliphatic heterocycles. The molecule has 0 aromatic carbocycles. The van der Waals surface area contributed by atoms with E-state index in [0.29, 0.717) is 0 Å². The minimum atomic E-state index is -1.61. The average Bonchev–Trinajstić information content (AvgIpc) is 2.99. The van der Waals surface area contributed by atoms with Crippen LogP contribution in [0.15, 0.2) is 0 Å². The summed E-state index contributed by atoms with van der Waals surface area (Å²) >= 11 is 0. The number of carboxylic acid groups (broad SMARTS) is 1. The minimum absolute atomic E-state index is 0.181. The minimum Gasteiger partial charge on any atom is -0.480 e. The van der Waals surface area contributed by atoms with Crippen LogP contribution in [-0.4, -0.2) is 50.7 Å². The van der Waals surface area contributed by atoms with E-state index in [1.807, 2.05) is 0 Å². The van der Waals surface area contributed by atoms with Crippen molar-refractivity contribution >= 4 is 28.6 Å². The highest BCUT2D eigenvalue weighted by atomic mass is 32.2. The van der Waals surface area contributed by atoms with Crippen LogP contribution in [-0.2, 0) is 25.2 Å². The van der Waals surface area contributed by atoms with E-state index in [1.54, 1.807) is 0 Å². The lowest BCUT2D eigenvalue weighted by molar-refractivity contribution is -0.140. The van der Waals surface area contributed by atoms with Crippen LogP contribution in [0.1, 0.15) is 19.8 Å². The molecule has 0 aromatic rings. The second kappa shape index (κ2) is 6.48. The van der Waals surface area contributed by atoms with E-state index in [1.165, 1.54) is 6.92 Å². The number of hydrogen-bond donors (Lipinski definition) is 3. The first kappa shape index (κ1) is 14.6. The Hall–Kier alpha value is -1.44. The van der Waals surface area contributed by atoms with Crippen molar-refractivity contribution in [3.8, 4) is 0 Å².